The standard InChI is InChI=1S/C34H41N7O4S/c1-8-31-35-19-30(40(31)20-23-12-10-9-11-13-23)28-21-41(39-37-28)29-16-24(15-14-22(29)2)33(42)36-26-17-25(34(3,4)5)18-27(32(26)45-6)38-46(7,43)44/h9-19,21,37-39H,8,20H2,1-7H3,(H,36,42). The zero-order valence-electron chi connectivity index (χ0n) is 27.2. The van der Waals surface area contributed by atoms with Gasteiger partial charge in [-0.2, -0.15) is 0 Å². The number of hydrogen-bond acceptors (Lipinski definition) is 8. The number of rotatable bonds is 10. The Labute approximate surface area is 270 Å². The predicted molar refractivity (Wildman–Crippen MR) is 183 cm³/mol. The Hall–Kier alpha value is -4.81. The first kappa shape index (κ1) is 32.6. The van der Waals surface area contributed by atoms with Crippen molar-refractivity contribution in [2.24, 2.45) is 0 Å². The maximum absolute atomic E-state index is 13.7. The number of hydrazine groups is 2. The number of sulfonamides is 1. The number of hydrogen-bond donors (Lipinski definition) is 4. The Kier molecular flexibility index (Phi) is 9.13. The summed E-state index contributed by atoms with van der Waals surface area (Å²) < 4.78 is 34.6. The molecule has 1 amide bonds. The largest absolute Gasteiger partial charge is 0.492 e. The summed E-state index contributed by atoms with van der Waals surface area (Å²) in [6, 6.07) is 19.2. The van der Waals surface area contributed by atoms with Crippen molar-refractivity contribution in [3.63, 3.8) is 0 Å². The van der Waals surface area contributed by atoms with Crippen molar-refractivity contribution in [1.29, 1.82) is 0 Å². The lowest BCUT2D eigenvalue weighted by Gasteiger charge is -2.24. The van der Waals surface area contributed by atoms with Gasteiger partial charge in [0.1, 0.15) is 5.82 Å². The third-order valence-corrected chi connectivity index (χ3v) is 8.31. The highest BCUT2D eigenvalue weighted by atomic mass is 32.2. The number of anilines is 3. The number of imidazole rings is 1. The van der Waals surface area contributed by atoms with Gasteiger partial charge in [-0.1, -0.05) is 64.1 Å². The zero-order valence-corrected chi connectivity index (χ0v) is 28.0. The molecule has 0 aliphatic carbocycles. The molecule has 12 heteroatoms. The molecular weight excluding hydrogens is 602 g/mol. The fourth-order valence-corrected chi connectivity index (χ4v) is 5.83. The molecule has 1 aliphatic rings. The van der Waals surface area contributed by atoms with Gasteiger partial charge in [-0.25, -0.2) is 13.4 Å². The molecule has 11 nitrogen and oxygen atoms in total. The lowest BCUT2D eigenvalue weighted by molar-refractivity contribution is 0.102. The minimum atomic E-state index is -3.60. The van der Waals surface area contributed by atoms with Crippen LogP contribution in [0.3, 0.4) is 0 Å². The van der Waals surface area contributed by atoms with Crippen LogP contribution < -0.4 is 30.7 Å². The third kappa shape index (κ3) is 7.19. The summed E-state index contributed by atoms with van der Waals surface area (Å²) in [4.78, 5) is 18.3. The van der Waals surface area contributed by atoms with Gasteiger partial charge in [0.25, 0.3) is 5.91 Å². The summed E-state index contributed by atoms with van der Waals surface area (Å²) in [5, 5.41) is 4.78. The number of methoxy groups -OCH3 is 1. The van der Waals surface area contributed by atoms with Crippen LogP contribution in [0.4, 0.5) is 17.1 Å². The molecule has 1 aliphatic heterocycles. The average Bonchev–Trinajstić information content (AvgIpc) is 3.63. The van der Waals surface area contributed by atoms with E-state index in [9.17, 15) is 13.2 Å². The Morgan fingerprint density at radius 1 is 1.04 bits per heavy atom. The number of ether oxygens (including phenoxy) is 1. The first-order chi connectivity index (χ1) is 21.8. The molecule has 0 bridgehead atoms. The van der Waals surface area contributed by atoms with Gasteiger partial charge in [0.05, 0.1) is 54.2 Å². The van der Waals surface area contributed by atoms with E-state index in [1.165, 1.54) is 12.7 Å². The van der Waals surface area contributed by atoms with Crippen molar-refractivity contribution in [2.45, 2.75) is 53.0 Å². The second-order valence-electron chi connectivity index (χ2n) is 12.3. The van der Waals surface area contributed by atoms with E-state index in [0.717, 1.165) is 46.7 Å². The first-order valence-corrected chi connectivity index (χ1v) is 16.9. The van der Waals surface area contributed by atoms with E-state index in [4.69, 9.17) is 4.74 Å². The van der Waals surface area contributed by atoms with Crippen molar-refractivity contribution in [1.82, 2.24) is 20.5 Å². The Morgan fingerprint density at radius 3 is 2.41 bits per heavy atom. The summed E-state index contributed by atoms with van der Waals surface area (Å²) in [6.45, 7) is 10.8. The van der Waals surface area contributed by atoms with Gasteiger partial charge in [-0.05, 0) is 53.3 Å². The molecule has 5 rings (SSSR count). The minimum Gasteiger partial charge on any atom is -0.492 e. The van der Waals surface area contributed by atoms with Gasteiger partial charge in [0.2, 0.25) is 10.0 Å². The number of carbonyl (C=O) groups excluding carboxylic acids is 1. The highest BCUT2D eigenvalue weighted by Gasteiger charge is 2.24. The average molecular weight is 644 g/mol. The van der Waals surface area contributed by atoms with Gasteiger partial charge in [-0.3, -0.25) is 20.0 Å². The quantitative estimate of drug-likeness (QED) is 0.177. The van der Waals surface area contributed by atoms with E-state index < -0.39 is 10.0 Å². The molecule has 0 spiro atoms. The Morgan fingerprint density at radius 2 is 1.76 bits per heavy atom. The third-order valence-electron chi connectivity index (χ3n) is 7.72. The van der Waals surface area contributed by atoms with E-state index in [1.54, 1.807) is 18.2 Å². The van der Waals surface area contributed by atoms with Crippen molar-refractivity contribution < 1.29 is 17.9 Å². The number of nitrogens with one attached hydrogen (secondary N) is 4. The van der Waals surface area contributed by atoms with Gasteiger partial charge in [-0.15, -0.1) is 5.53 Å². The molecule has 1 aromatic heterocycles. The minimum absolute atomic E-state index is 0.218. The van der Waals surface area contributed by atoms with E-state index in [0.29, 0.717) is 17.8 Å². The second kappa shape index (κ2) is 12.9. The predicted octanol–water partition coefficient (Wildman–Crippen LogP) is 5.56. The molecule has 0 atom stereocenters. The monoisotopic (exact) mass is 643 g/mol. The van der Waals surface area contributed by atoms with Crippen LogP contribution in [0, 0.1) is 6.92 Å². The molecule has 242 valence electrons. The molecule has 0 saturated heterocycles. The Bertz CT molecular complexity index is 1890. The summed E-state index contributed by atoms with van der Waals surface area (Å²) in [5.74, 6) is 0.826. The number of nitrogens with zero attached hydrogens (tertiary/aromatic N) is 3. The molecule has 0 unspecified atom stereocenters. The second-order valence-corrected chi connectivity index (χ2v) is 14.1. The van der Waals surface area contributed by atoms with Crippen LogP contribution in [0.1, 0.15) is 66.3 Å². The van der Waals surface area contributed by atoms with Crippen molar-refractivity contribution in [3.05, 3.63) is 107 Å². The smallest absolute Gasteiger partial charge is 0.255 e. The summed E-state index contributed by atoms with van der Waals surface area (Å²) >= 11 is 0. The molecule has 46 heavy (non-hydrogen) atoms. The molecule has 4 aromatic rings. The lowest BCUT2D eigenvalue weighted by Crippen LogP contribution is -2.36. The fraction of sp³-hybridized carbons (Fsp3) is 0.294. The Balaban J connectivity index is 1.44. The number of benzene rings is 3. The van der Waals surface area contributed by atoms with E-state index >= 15 is 0 Å². The summed E-state index contributed by atoms with van der Waals surface area (Å²) in [5.41, 5.74) is 12.6. The summed E-state index contributed by atoms with van der Waals surface area (Å²) in [7, 11) is -2.17. The van der Waals surface area contributed by atoms with Crippen LogP contribution in [0.5, 0.6) is 5.75 Å². The van der Waals surface area contributed by atoms with Crippen molar-refractivity contribution >= 4 is 38.7 Å². The number of aryl methyl sites for hydroxylation is 2. The number of carbonyl (C=O) groups is 1. The van der Waals surface area contributed by atoms with Gasteiger partial charge < -0.3 is 14.6 Å². The van der Waals surface area contributed by atoms with Crippen LogP contribution >= 0.6 is 0 Å². The zero-order chi connectivity index (χ0) is 33.2. The van der Waals surface area contributed by atoms with E-state index in [-0.39, 0.29) is 22.8 Å². The normalized spacial score (nSPS) is 13.3. The molecule has 0 radical (unpaired) electrons. The molecule has 2 heterocycles. The molecular formula is C34H41N7O4S. The maximum atomic E-state index is 13.7. The highest BCUT2D eigenvalue weighted by Crippen LogP contribution is 2.39. The van der Waals surface area contributed by atoms with Crippen molar-refractivity contribution in [2.75, 3.05) is 28.4 Å². The first-order valence-electron chi connectivity index (χ1n) is 15.0. The maximum Gasteiger partial charge on any atom is 0.255 e. The van der Waals surface area contributed by atoms with Crippen LogP contribution in [0.2, 0.25) is 0 Å². The van der Waals surface area contributed by atoms with Gasteiger partial charge in [0.15, 0.2) is 5.75 Å². The van der Waals surface area contributed by atoms with Gasteiger partial charge >= 0.3 is 0 Å². The van der Waals surface area contributed by atoms with Crippen LogP contribution in [0.15, 0.2) is 73.1 Å². The lowest BCUT2D eigenvalue weighted by atomic mass is 9.86. The van der Waals surface area contributed by atoms with Crippen LogP contribution in [0.25, 0.3) is 5.70 Å². The topological polar surface area (TPSA) is 130 Å². The fourth-order valence-electron chi connectivity index (χ4n) is 5.28. The van der Waals surface area contributed by atoms with E-state index in [1.807, 2.05) is 75.4 Å². The molecule has 0 fully saturated rings. The van der Waals surface area contributed by atoms with Crippen molar-refractivity contribution in [3.8, 4) is 5.75 Å². The van der Waals surface area contributed by atoms with Crippen LogP contribution in [-0.2, 0) is 28.4 Å². The summed E-state index contributed by atoms with van der Waals surface area (Å²) in [6.07, 6.45) is 5.68. The number of amides is 1. The van der Waals surface area contributed by atoms with E-state index in [2.05, 4.69) is 49.6 Å². The molecule has 3 aromatic carbocycles. The molecule has 4 N–H and O–H groups in total. The van der Waals surface area contributed by atoms with Gasteiger partial charge in [0, 0.05) is 18.5 Å². The molecule has 0 saturated carbocycles. The van der Waals surface area contributed by atoms with Crippen LogP contribution in [-0.4, -0.2) is 37.2 Å². The number of aromatic nitrogens is 2. The SMILES string of the molecule is CCc1ncc(C2=CN(c3cc(C(=O)Nc4cc(C(C)(C)C)cc(NS(C)(=O)=O)c4OC)ccc3C)NN2)n1Cc1ccccc1. The highest BCUT2D eigenvalue weighted by molar-refractivity contribution is 7.92.